The van der Waals surface area contributed by atoms with Crippen LogP contribution >= 0.6 is 23.2 Å². The minimum absolute atomic E-state index is 0.171. The lowest BCUT2D eigenvalue weighted by Crippen LogP contribution is -2.48. The molecule has 0 radical (unpaired) electrons. The Bertz CT molecular complexity index is 2000. The highest BCUT2D eigenvalue weighted by molar-refractivity contribution is 7.90. The monoisotopic (exact) mass is 692 g/mol. The molecular formula is C35H31Cl2FN4O4S. The molecule has 1 unspecified atom stereocenters. The molecule has 8 nitrogen and oxygen atoms in total. The molecule has 0 spiro atoms. The van der Waals surface area contributed by atoms with E-state index >= 15 is 0 Å². The van der Waals surface area contributed by atoms with E-state index in [0.717, 1.165) is 22.6 Å². The standard InChI is InChI=1S/C35H31Cl2FN4O4S/c1-46-28-11-6-22(7-12-28)19-39-35-40-32-21-42(34(43)24-8-15-30(36)31(37)17-24)33(23-4-3-5-26(38)16-23)18-25(32)20-41(35)27-9-13-29(14-10-27)47(2,44)45/h3-17,33H,18-21H2,1-2H3,(H,39,40). The first-order chi connectivity index (χ1) is 22.5. The van der Waals surface area contributed by atoms with E-state index in [0.29, 0.717) is 47.3 Å². The van der Waals surface area contributed by atoms with E-state index in [2.05, 4.69) is 5.32 Å². The second-order valence-electron chi connectivity index (χ2n) is 11.4. The lowest BCUT2D eigenvalue weighted by molar-refractivity contribution is 0.0677. The number of hydrogen-bond donors (Lipinski definition) is 1. The van der Waals surface area contributed by atoms with E-state index in [-0.39, 0.29) is 22.4 Å². The van der Waals surface area contributed by atoms with E-state index in [9.17, 15) is 17.6 Å². The molecule has 4 aromatic rings. The fourth-order valence-electron chi connectivity index (χ4n) is 5.74. The number of ether oxygens (including phenoxy) is 1. The summed E-state index contributed by atoms with van der Waals surface area (Å²) in [7, 11) is -1.77. The molecule has 2 heterocycles. The van der Waals surface area contributed by atoms with Crippen molar-refractivity contribution >= 4 is 50.6 Å². The minimum Gasteiger partial charge on any atom is -0.497 e. The molecule has 0 fully saturated rings. The summed E-state index contributed by atoms with van der Waals surface area (Å²) in [6.07, 6.45) is 1.57. The number of hydrogen-bond acceptors (Lipinski definition) is 7. The summed E-state index contributed by atoms with van der Waals surface area (Å²) in [4.78, 5) is 22.9. The van der Waals surface area contributed by atoms with Crippen LogP contribution in [-0.2, 0) is 16.4 Å². The van der Waals surface area contributed by atoms with Crippen LogP contribution in [-0.4, -0.2) is 51.6 Å². The fraction of sp³-hybridized carbons (Fsp3) is 0.200. The normalized spacial score (nSPS) is 16.4. The summed E-state index contributed by atoms with van der Waals surface area (Å²) in [6.45, 7) is 1.04. The summed E-state index contributed by atoms with van der Waals surface area (Å²) in [5.41, 5.74) is 4.43. The molecule has 1 atom stereocenters. The second kappa shape index (κ2) is 13.4. The molecule has 242 valence electrons. The summed E-state index contributed by atoms with van der Waals surface area (Å²) in [5.74, 6) is 0.598. The van der Waals surface area contributed by atoms with Gasteiger partial charge in [0.1, 0.15) is 11.6 Å². The number of halogens is 3. The van der Waals surface area contributed by atoms with Crippen molar-refractivity contribution in [3.63, 3.8) is 0 Å². The molecule has 0 aliphatic carbocycles. The maximum absolute atomic E-state index is 14.5. The van der Waals surface area contributed by atoms with Crippen molar-refractivity contribution in [3.8, 4) is 5.75 Å². The van der Waals surface area contributed by atoms with Crippen LogP contribution in [0, 0.1) is 5.82 Å². The molecule has 2 aliphatic rings. The molecule has 4 aromatic carbocycles. The van der Waals surface area contributed by atoms with Crippen molar-refractivity contribution in [3.05, 3.63) is 135 Å². The Morgan fingerprint density at radius 2 is 1.72 bits per heavy atom. The Morgan fingerprint density at radius 1 is 0.979 bits per heavy atom. The third-order valence-electron chi connectivity index (χ3n) is 8.24. The van der Waals surface area contributed by atoms with E-state index in [1.54, 1.807) is 54.5 Å². The van der Waals surface area contributed by atoms with E-state index in [1.807, 2.05) is 35.2 Å². The molecule has 47 heavy (non-hydrogen) atoms. The van der Waals surface area contributed by atoms with Gasteiger partial charge in [-0.15, -0.1) is 0 Å². The molecule has 2 aliphatic heterocycles. The molecule has 6 rings (SSSR count). The van der Waals surface area contributed by atoms with E-state index < -0.39 is 21.7 Å². The molecule has 1 N–H and O–H groups in total. The zero-order valence-electron chi connectivity index (χ0n) is 25.6. The third kappa shape index (κ3) is 7.15. The quantitative estimate of drug-likeness (QED) is 0.223. The highest BCUT2D eigenvalue weighted by atomic mass is 35.5. The first-order valence-electron chi connectivity index (χ1n) is 14.8. The SMILES string of the molecule is COc1ccc(CNC2=NC3=C(CC(c4cccc(F)c4)N(C(=O)c4ccc(Cl)c(Cl)c4)C3)CN2c2ccc(S(C)(=O)=O)cc2)cc1. The Labute approximate surface area is 283 Å². The largest absolute Gasteiger partial charge is 0.497 e. The number of nitrogens with one attached hydrogen (secondary N) is 1. The second-order valence-corrected chi connectivity index (χ2v) is 14.2. The van der Waals surface area contributed by atoms with Gasteiger partial charge in [0.15, 0.2) is 9.84 Å². The van der Waals surface area contributed by atoms with E-state index in [1.165, 1.54) is 24.5 Å². The number of amides is 1. The smallest absolute Gasteiger partial charge is 0.254 e. The van der Waals surface area contributed by atoms with Crippen molar-refractivity contribution in [1.82, 2.24) is 10.2 Å². The molecule has 0 saturated heterocycles. The number of aliphatic imine (C=N–C) groups is 1. The topological polar surface area (TPSA) is 91.3 Å². The van der Waals surface area contributed by atoms with Gasteiger partial charge < -0.3 is 19.9 Å². The van der Waals surface area contributed by atoms with Crippen LogP contribution in [0.5, 0.6) is 5.75 Å². The number of carbonyl (C=O) groups excluding carboxylic acids is 1. The summed E-state index contributed by atoms with van der Waals surface area (Å²) in [5, 5.41) is 4.03. The highest BCUT2D eigenvalue weighted by Gasteiger charge is 2.36. The average molecular weight is 694 g/mol. The molecule has 0 aromatic heterocycles. The van der Waals surface area contributed by atoms with Crippen molar-refractivity contribution < 1.29 is 22.3 Å². The van der Waals surface area contributed by atoms with E-state index in [4.69, 9.17) is 32.9 Å². The van der Waals surface area contributed by atoms with Gasteiger partial charge in [-0.1, -0.05) is 47.5 Å². The zero-order valence-corrected chi connectivity index (χ0v) is 27.9. The maximum atomic E-state index is 14.5. The van der Waals surface area contributed by atoms with Crippen LogP contribution < -0.4 is 15.0 Å². The number of anilines is 1. The van der Waals surface area contributed by atoms with Crippen LogP contribution in [0.3, 0.4) is 0 Å². The molecule has 0 saturated carbocycles. The van der Waals surface area contributed by atoms with Gasteiger partial charge in [-0.3, -0.25) is 4.79 Å². The maximum Gasteiger partial charge on any atom is 0.254 e. The predicted molar refractivity (Wildman–Crippen MR) is 182 cm³/mol. The Hall–Kier alpha value is -4.38. The van der Waals surface area contributed by atoms with Crippen LogP contribution in [0.2, 0.25) is 10.0 Å². The van der Waals surface area contributed by atoms with Crippen LogP contribution in [0.25, 0.3) is 0 Å². The predicted octanol–water partition coefficient (Wildman–Crippen LogP) is 7.05. The highest BCUT2D eigenvalue weighted by Crippen LogP contribution is 2.39. The number of sulfone groups is 1. The van der Waals surface area contributed by atoms with Crippen molar-refractivity contribution in [1.29, 1.82) is 0 Å². The Balaban J connectivity index is 1.38. The van der Waals surface area contributed by atoms with Gasteiger partial charge in [-0.2, -0.15) is 0 Å². The molecular weight excluding hydrogens is 662 g/mol. The Morgan fingerprint density at radius 3 is 2.38 bits per heavy atom. The number of rotatable bonds is 7. The van der Waals surface area contributed by atoms with Crippen molar-refractivity contribution in [2.45, 2.75) is 23.9 Å². The summed E-state index contributed by atoms with van der Waals surface area (Å²) < 4.78 is 44.1. The van der Waals surface area contributed by atoms with Gasteiger partial charge in [-0.05, 0) is 89.9 Å². The fourth-order valence-corrected chi connectivity index (χ4v) is 6.66. The first-order valence-corrected chi connectivity index (χ1v) is 17.4. The summed E-state index contributed by atoms with van der Waals surface area (Å²) in [6, 6.07) is 24.8. The van der Waals surface area contributed by atoms with Gasteiger partial charge in [0, 0.05) is 30.6 Å². The van der Waals surface area contributed by atoms with Crippen LogP contribution in [0.15, 0.2) is 112 Å². The Kier molecular flexibility index (Phi) is 9.27. The van der Waals surface area contributed by atoms with Crippen molar-refractivity contribution in [2.75, 3.05) is 31.4 Å². The minimum atomic E-state index is -3.39. The van der Waals surface area contributed by atoms with Crippen molar-refractivity contribution in [2.24, 2.45) is 4.99 Å². The first kappa shape index (κ1) is 32.6. The number of carbonyl (C=O) groups is 1. The lowest BCUT2D eigenvalue weighted by Gasteiger charge is -2.41. The third-order valence-corrected chi connectivity index (χ3v) is 10.1. The van der Waals surface area contributed by atoms with Gasteiger partial charge in [0.2, 0.25) is 5.96 Å². The zero-order chi connectivity index (χ0) is 33.3. The summed E-state index contributed by atoms with van der Waals surface area (Å²) >= 11 is 12.4. The number of methoxy groups -OCH3 is 1. The molecule has 0 bridgehead atoms. The average Bonchev–Trinajstić information content (AvgIpc) is 3.07. The van der Waals surface area contributed by atoms with Crippen LogP contribution in [0.4, 0.5) is 10.1 Å². The molecule has 12 heteroatoms. The molecule has 1 amide bonds. The number of benzene rings is 4. The number of guanidine groups is 1. The van der Waals surface area contributed by atoms with Gasteiger partial charge in [-0.25, -0.2) is 17.8 Å². The lowest BCUT2D eigenvalue weighted by atomic mass is 9.90. The van der Waals surface area contributed by atoms with Crippen LogP contribution in [0.1, 0.15) is 33.9 Å². The number of nitrogens with zero attached hydrogens (tertiary/aromatic N) is 3. The van der Waals surface area contributed by atoms with Gasteiger partial charge in [0.05, 0.1) is 40.3 Å². The van der Waals surface area contributed by atoms with Gasteiger partial charge >= 0.3 is 0 Å². The van der Waals surface area contributed by atoms with Gasteiger partial charge in [0.25, 0.3) is 5.91 Å².